The smallest absolute Gasteiger partial charge is 0.270 e. The maximum Gasteiger partial charge on any atom is 0.270 e. The fraction of sp³-hybridized carbons (Fsp3) is 0. The predicted octanol–water partition coefficient (Wildman–Crippen LogP) is 4.56. The number of non-ortho nitro benzene ring substituents is 1. The van der Waals surface area contributed by atoms with Crippen molar-refractivity contribution in [2.24, 2.45) is 0 Å². The van der Waals surface area contributed by atoms with E-state index in [1.54, 1.807) is 30.3 Å². The molecule has 0 unspecified atom stereocenters. The summed E-state index contributed by atoms with van der Waals surface area (Å²) in [6.45, 7) is 0. The van der Waals surface area contributed by atoms with Crippen LogP contribution in [0.5, 0.6) is 0 Å². The molecule has 0 bridgehead atoms. The minimum atomic E-state index is -0.646. The van der Waals surface area contributed by atoms with Gasteiger partial charge in [-0.3, -0.25) is 14.9 Å². The Labute approximate surface area is 150 Å². The molecule has 8 heteroatoms. The maximum absolute atomic E-state index is 12.2. The molecule has 0 aliphatic rings. The van der Waals surface area contributed by atoms with Gasteiger partial charge in [0.1, 0.15) is 11.6 Å². The Hall–Kier alpha value is -2.69. The molecular weight excluding hydrogens is 398 g/mol. The number of nitro groups is 1. The number of carbonyl (C=O) groups is 1. The van der Waals surface area contributed by atoms with E-state index in [1.165, 1.54) is 24.3 Å². The van der Waals surface area contributed by atoms with Crippen molar-refractivity contribution in [1.29, 1.82) is 5.26 Å². The summed E-state index contributed by atoms with van der Waals surface area (Å²) in [6.07, 6.45) is 1.21. The highest BCUT2D eigenvalue weighted by Crippen LogP contribution is 2.25. The summed E-state index contributed by atoms with van der Waals surface area (Å²) in [6, 6.07) is 12.5. The van der Waals surface area contributed by atoms with Crippen LogP contribution in [0.1, 0.15) is 5.56 Å². The molecule has 0 spiro atoms. The Balaban J connectivity index is 2.34. The van der Waals surface area contributed by atoms with Crippen LogP contribution in [0.4, 0.5) is 11.4 Å². The van der Waals surface area contributed by atoms with Gasteiger partial charge < -0.3 is 5.32 Å². The number of amides is 1. The van der Waals surface area contributed by atoms with Crippen LogP contribution in [0.15, 0.2) is 52.5 Å². The third-order valence-electron chi connectivity index (χ3n) is 2.98. The molecular formula is C16H9BrClN3O3. The number of para-hydroxylation sites is 1. The third-order valence-corrected chi connectivity index (χ3v) is 4.01. The zero-order valence-corrected chi connectivity index (χ0v) is 14.3. The van der Waals surface area contributed by atoms with Crippen molar-refractivity contribution in [3.63, 3.8) is 0 Å². The lowest BCUT2D eigenvalue weighted by Crippen LogP contribution is -2.13. The van der Waals surface area contributed by atoms with Crippen LogP contribution >= 0.6 is 27.5 Å². The molecule has 120 valence electrons. The number of anilines is 1. The van der Waals surface area contributed by atoms with Crippen LogP contribution in [-0.2, 0) is 4.79 Å². The molecule has 0 fully saturated rings. The number of hydrogen-bond donors (Lipinski definition) is 1. The summed E-state index contributed by atoms with van der Waals surface area (Å²) in [5.41, 5.74) is 0.292. The van der Waals surface area contributed by atoms with Gasteiger partial charge in [-0.25, -0.2) is 0 Å². The van der Waals surface area contributed by atoms with Gasteiger partial charge in [-0.15, -0.1) is 0 Å². The second kappa shape index (κ2) is 7.73. The summed E-state index contributed by atoms with van der Waals surface area (Å²) in [7, 11) is 0. The first-order valence-corrected chi connectivity index (χ1v) is 7.71. The van der Waals surface area contributed by atoms with Crippen molar-refractivity contribution in [3.8, 4) is 6.07 Å². The molecule has 0 aliphatic carbocycles. The molecule has 0 radical (unpaired) electrons. The SMILES string of the molecule is N#C/C(=C\c1cc([N+](=O)[O-])ccc1Cl)C(=O)Nc1ccccc1Br. The van der Waals surface area contributed by atoms with E-state index in [1.807, 2.05) is 0 Å². The topological polar surface area (TPSA) is 96.0 Å². The van der Waals surface area contributed by atoms with Gasteiger partial charge in [-0.1, -0.05) is 23.7 Å². The third kappa shape index (κ3) is 4.19. The number of carbonyl (C=O) groups excluding carboxylic acids is 1. The average molecular weight is 407 g/mol. The van der Waals surface area contributed by atoms with E-state index in [-0.39, 0.29) is 21.8 Å². The van der Waals surface area contributed by atoms with Gasteiger partial charge in [0.25, 0.3) is 11.6 Å². The van der Waals surface area contributed by atoms with Crippen LogP contribution < -0.4 is 5.32 Å². The second-order valence-corrected chi connectivity index (χ2v) is 5.83. The average Bonchev–Trinajstić information content (AvgIpc) is 2.55. The van der Waals surface area contributed by atoms with Crippen molar-refractivity contribution in [1.82, 2.24) is 0 Å². The summed E-state index contributed by atoms with van der Waals surface area (Å²) in [5, 5.41) is 22.8. The number of nitriles is 1. The summed E-state index contributed by atoms with van der Waals surface area (Å²) in [4.78, 5) is 22.5. The fourth-order valence-electron chi connectivity index (χ4n) is 1.81. The van der Waals surface area contributed by atoms with E-state index in [2.05, 4.69) is 21.2 Å². The molecule has 1 N–H and O–H groups in total. The van der Waals surface area contributed by atoms with E-state index in [4.69, 9.17) is 11.6 Å². The lowest BCUT2D eigenvalue weighted by atomic mass is 10.1. The highest BCUT2D eigenvalue weighted by atomic mass is 79.9. The standard InChI is InChI=1S/C16H9BrClN3O3/c17-13-3-1-2-4-15(13)20-16(22)11(9-19)7-10-8-12(21(23)24)5-6-14(10)18/h1-8H,(H,20,22)/b11-7+. The molecule has 2 aromatic carbocycles. The van der Waals surface area contributed by atoms with Crippen molar-refractivity contribution in [2.75, 3.05) is 5.32 Å². The van der Waals surface area contributed by atoms with Crippen molar-refractivity contribution in [2.45, 2.75) is 0 Å². The van der Waals surface area contributed by atoms with Gasteiger partial charge >= 0.3 is 0 Å². The zero-order valence-electron chi connectivity index (χ0n) is 12.0. The van der Waals surface area contributed by atoms with E-state index in [0.717, 1.165) is 0 Å². The number of nitrogens with zero attached hydrogens (tertiary/aromatic N) is 2. The number of rotatable bonds is 4. The monoisotopic (exact) mass is 405 g/mol. The fourth-order valence-corrected chi connectivity index (χ4v) is 2.37. The summed E-state index contributed by atoms with van der Waals surface area (Å²) < 4.78 is 0.657. The molecule has 0 aliphatic heterocycles. The van der Waals surface area contributed by atoms with E-state index < -0.39 is 10.8 Å². The molecule has 0 saturated heterocycles. The minimum Gasteiger partial charge on any atom is -0.320 e. The van der Waals surface area contributed by atoms with Crippen molar-refractivity contribution in [3.05, 3.63) is 73.2 Å². The molecule has 24 heavy (non-hydrogen) atoms. The number of benzene rings is 2. The van der Waals surface area contributed by atoms with E-state index >= 15 is 0 Å². The second-order valence-electron chi connectivity index (χ2n) is 4.57. The summed E-state index contributed by atoms with van der Waals surface area (Å²) in [5.74, 6) is -0.646. The first kappa shape index (κ1) is 17.7. The van der Waals surface area contributed by atoms with Gasteiger partial charge in [-0.2, -0.15) is 5.26 Å². The van der Waals surface area contributed by atoms with Gasteiger partial charge in [-0.05, 0) is 40.2 Å². The highest BCUT2D eigenvalue weighted by molar-refractivity contribution is 9.10. The Morgan fingerprint density at radius 1 is 1.33 bits per heavy atom. The Morgan fingerprint density at radius 2 is 2.04 bits per heavy atom. The number of hydrogen-bond acceptors (Lipinski definition) is 4. The van der Waals surface area contributed by atoms with E-state index in [9.17, 15) is 20.2 Å². The van der Waals surface area contributed by atoms with Crippen molar-refractivity contribution >= 4 is 50.9 Å². The van der Waals surface area contributed by atoms with Gasteiger partial charge in [0.15, 0.2) is 0 Å². The normalized spacial score (nSPS) is 10.8. The molecule has 6 nitrogen and oxygen atoms in total. The first-order chi connectivity index (χ1) is 11.4. The largest absolute Gasteiger partial charge is 0.320 e. The van der Waals surface area contributed by atoms with Crippen LogP contribution in [0.2, 0.25) is 5.02 Å². The Morgan fingerprint density at radius 3 is 2.67 bits per heavy atom. The van der Waals surface area contributed by atoms with Crippen LogP contribution in [0, 0.1) is 21.4 Å². The number of halogens is 2. The van der Waals surface area contributed by atoms with Crippen LogP contribution in [0.25, 0.3) is 6.08 Å². The molecule has 0 saturated carbocycles. The van der Waals surface area contributed by atoms with Gasteiger partial charge in [0, 0.05) is 27.2 Å². The molecule has 0 atom stereocenters. The molecule has 2 aromatic rings. The van der Waals surface area contributed by atoms with Crippen LogP contribution in [-0.4, -0.2) is 10.8 Å². The van der Waals surface area contributed by atoms with E-state index in [0.29, 0.717) is 10.2 Å². The maximum atomic E-state index is 12.2. The molecule has 0 aromatic heterocycles. The first-order valence-electron chi connectivity index (χ1n) is 6.54. The highest BCUT2D eigenvalue weighted by Gasteiger charge is 2.14. The lowest BCUT2D eigenvalue weighted by molar-refractivity contribution is -0.384. The Kier molecular flexibility index (Phi) is 5.68. The molecule has 2 rings (SSSR count). The molecule has 0 heterocycles. The number of nitro benzene ring substituents is 1. The predicted molar refractivity (Wildman–Crippen MR) is 94.5 cm³/mol. The zero-order chi connectivity index (χ0) is 17.7. The number of nitrogens with one attached hydrogen (secondary N) is 1. The Bertz CT molecular complexity index is 890. The van der Waals surface area contributed by atoms with Gasteiger partial charge in [0.05, 0.1) is 10.6 Å². The minimum absolute atomic E-state index is 0.186. The summed E-state index contributed by atoms with van der Waals surface area (Å²) >= 11 is 9.26. The van der Waals surface area contributed by atoms with Crippen molar-refractivity contribution < 1.29 is 9.72 Å². The quantitative estimate of drug-likeness (QED) is 0.348. The van der Waals surface area contributed by atoms with Crippen LogP contribution in [0.3, 0.4) is 0 Å². The molecule has 1 amide bonds. The van der Waals surface area contributed by atoms with Gasteiger partial charge in [0.2, 0.25) is 0 Å². The lowest BCUT2D eigenvalue weighted by Gasteiger charge is -2.06.